The van der Waals surface area contributed by atoms with Crippen molar-refractivity contribution in [2.75, 3.05) is 155 Å². The maximum Gasteiger partial charge on any atom is 0.338 e. The molecule has 0 radical (unpaired) electrons. The summed E-state index contributed by atoms with van der Waals surface area (Å²) in [5.41, 5.74) is 11.8. The number of hydrogen-bond donors (Lipinski definition) is 8. The van der Waals surface area contributed by atoms with Gasteiger partial charge in [0.05, 0.1) is 65.7 Å². The number of aromatic nitrogens is 2. The van der Waals surface area contributed by atoms with Crippen molar-refractivity contribution in [2.45, 2.75) is 146 Å². The number of nitrogens with zero attached hydrogens (tertiary/aromatic N) is 8. The maximum atomic E-state index is 15.7. The number of sulfonamides is 2. The summed E-state index contributed by atoms with van der Waals surface area (Å²) in [6.45, 7) is 21.4. The van der Waals surface area contributed by atoms with Crippen LogP contribution in [0, 0.1) is 19.7 Å². The van der Waals surface area contributed by atoms with Crippen molar-refractivity contribution < 1.29 is 68.1 Å². The third kappa shape index (κ3) is 26.0. The van der Waals surface area contributed by atoms with E-state index < -0.39 is 57.5 Å². The number of carboxylic acid groups (broad SMARTS) is 2. The first-order valence-electron chi connectivity index (χ1n) is 47.3. The van der Waals surface area contributed by atoms with Gasteiger partial charge >= 0.3 is 11.9 Å². The van der Waals surface area contributed by atoms with Gasteiger partial charge in [0.25, 0.3) is 20.0 Å². The number of likely N-dealkylation sites (tertiary alicyclic amines) is 2. The first kappa shape index (κ1) is 104. The number of carbonyl (C=O) groups is 2. The highest BCUT2D eigenvalue weighted by atomic mass is 35.5. The number of rotatable bonds is 36. The molecule has 0 saturated carbocycles. The van der Waals surface area contributed by atoms with E-state index in [4.69, 9.17) is 23.2 Å². The fourth-order valence-corrected chi connectivity index (χ4v) is 25.4. The zero-order valence-corrected chi connectivity index (χ0v) is 86.5. The normalized spacial score (nSPS) is 15.6. The molecule has 6 heterocycles. The molecule has 2 atom stereocenters. The number of aliphatic hydroxyl groups excluding tert-OH is 2. The molecular formula is C106H121Cl2FN12O14S6. The van der Waals surface area contributed by atoms with Crippen LogP contribution in [0.2, 0.25) is 10.0 Å². The molecule has 4 saturated heterocycles. The molecule has 4 aliphatic heterocycles. The minimum atomic E-state index is -4.22. The number of piperazine rings is 2. The predicted molar refractivity (Wildman–Crippen MR) is 569 cm³/mol. The number of halogens is 3. The molecular weight excluding hydrogens is 1950 g/mol. The lowest BCUT2D eigenvalue weighted by molar-refractivity contribution is 0.0685. The number of nitrogens with one attached hydrogen (secondary N) is 4. The Kier molecular flexibility index (Phi) is 33.8. The van der Waals surface area contributed by atoms with E-state index in [1.807, 2.05) is 171 Å². The summed E-state index contributed by atoms with van der Waals surface area (Å²) >= 11 is 15.8. The molecule has 0 spiro atoms. The molecule has 16 rings (SSSR count). The summed E-state index contributed by atoms with van der Waals surface area (Å²) in [4.78, 5) is 40.7. The van der Waals surface area contributed by atoms with Gasteiger partial charge in [-0.15, -0.1) is 23.5 Å². The van der Waals surface area contributed by atoms with Crippen LogP contribution in [0.25, 0.3) is 44.8 Å². The fraction of sp³-hybridized carbons (Fsp3) is 0.340. The van der Waals surface area contributed by atoms with Crippen molar-refractivity contribution in [3.63, 3.8) is 0 Å². The van der Waals surface area contributed by atoms with Gasteiger partial charge in [-0.25, -0.2) is 47.7 Å². The third-order valence-corrected chi connectivity index (χ3v) is 34.2. The average Bonchev–Trinajstić information content (AvgIpc) is 1.54. The molecule has 4 aliphatic rings. The number of aliphatic hydroxyl groups is 2. The SMILES string of the molecule is Cc1c(C(=O)O)c(-c2cc(F)cc(N3CCN(c4ccc(NS(=O)(=O)c5ccc(N[C@H](CCN6CCC(O)CC6)CSc6ccccc6)c(S(C)(=O)=O)c5)cc4)CC3)c2)c(-c2ccc(Cl)cc2)n1C(C)C.Cc1c(C(=O)O)c(-c2cccc(N3CCN(c4ccc(NS(=O)(=O)c5ccc(N[C@H](CCN6CCC(O)CC6)CSc6ccccc6)c(S(C)(=O)=O)c5)cc4)CC3)c2)c(-c2ccc(Cl)cc2)n1C(C)C. The van der Waals surface area contributed by atoms with Gasteiger partial charge in [0.2, 0.25) is 0 Å². The molecule has 26 nitrogen and oxygen atoms in total. The first-order valence-corrected chi connectivity index (χ1v) is 56.8. The smallest absolute Gasteiger partial charge is 0.338 e. The summed E-state index contributed by atoms with van der Waals surface area (Å²) in [6.07, 6.45) is 5.90. The van der Waals surface area contributed by atoms with Crippen LogP contribution in [0.5, 0.6) is 0 Å². The zero-order chi connectivity index (χ0) is 100. The molecule has 35 heteroatoms. The molecule has 2 aromatic heterocycles. The lowest BCUT2D eigenvalue weighted by Crippen LogP contribution is -2.46. The molecule has 4 fully saturated rings. The van der Waals surface area contributed by atoms with E-state index in [0.29, 0.717) is 155 Å². The van der Waals surface area contributed by atoms with Gasteiger partial charge in [0.15, 0.2) is 19.7 Å². The van der Waals surface area contributed by atoms with E-state index in [-0.39, 0.29) is 67.1 Å². The van der Waals surface area contributed by atoms with Crippen molar-refractivity contribution in [3.05, 3.63) is 275 Å². The zero-order valence-electron chi connectivity index (χ0n) is 80.1. The number of anilines is 8. The standard InChI is InChI=1S/C53H60ClFN6O7S3.C53H61ClN6O7S3/c1-35(2)61-36(3)50(53(63)64)51(52(61)37-10-12-39(54)13-11-37)38-30-40(55)32-44(31-38)60-28-26-59(27-29-60)43-16-14-41(15-17-43)57-71(67,68)47-18-19-48(49(33-47)70(4,65)66)56-42(34-69-46-8-6-5-7-9-46)20-23-58-24-21-45(62)22-25-58;1-36(2)60-37(3)50(53(62)63)51(52(60)38-13-15-40(54)16-14-38)39-9-8-10-44(33-39)59-31-29-58(30-32-59)43-19-17-41(18-20-43)56-70(66,67)47-21-22-48(49(34-47)69(4,64)65)55-42(35-68-46-11-6-5-7-12-46)23-26-57-27-24-45(61)25-28-57/h5-19,30-33,35,42,45,56-57,62H,20-29,34H2,1-4H3,(H,63,64);5-22,33-34,36,42,45,55-56,61H,23-32,35H2,1-4H3,(H,62,63)/t2*42-/m11/s1. The Morgan fingerprint density at radius 3 is 1.14 bits per heavy atom. The van der Waals surface area contributed by atoms with Crippen LogP contribution >= 0.6 is 46.7 Å². The van der Waals surface area contributed by atoms with Crippen molar-refractivity contribution >= 4 is 144 Å². The number of aromatic carboxylic acids is 2. The molecule has 0 bridgehead atoms. The highest BCUT2D eigenvalue weighted by molar-refractivity contribution is 7.99. The Labute approximate surface area is 845 Å². The molecule has 0 aliphatic carbocycles. The van der Waals surface area contributed by atoms with Gasteiger partial charge in [-0.3, -0.25) is 9.44 Å². The number of sulfone groups is 2. The van der Waals surface area contributed by atoms with Crippen LogP contribution in [-0.2, 0) is 39.7 Å². The van der Waals surface area contributed by atoms with Crippen LogP contribution in [0.4, 0.5) is 49.9 Å². The maximum absolute atomic E-state index is 15.7. The topological polar surface area (TPSA) is 329 Å². The average molecular weight is 2070 g/mol. The van der Waals surface area contributed by atoms with Gasteiger partial charge in [0, 0.05) is 216 Å². The van der Waals surface area contributed by atoms with Crippen LogP contribution in [-0.4, -0.2) is 225 Å². The first-order chi connectivity index (χ1) is 67.3. The largest absolute Gasteiger partial charge is 0.478 e. The van der Waals surface area contributed by atoms with Crippen molar-refractivity contribution in [3.8, 4) is 44.8 Å². The predicted octanol–water partition coefficient (Wildman–Crippen LogP) is 20.2. The van der Waals surface area contributed by atoms with Crippen LogP contribution in [0.15, 0.2) is 266 Å². The molecule has 141 heavy (non-hydrogen) atoms. The highest BCUT2D eigenvalue weighted by Crippen LogP contribution is 2.46. The Morgan fingerprint density at radius 1 is 0.411 bits per heavy atom. The summed E-state index contributed by atoms with van der Waals surface area (Å²) in [6, 6.07) is 69.4. The monoisotopic (exact) mass is 2070 g/mol. The lowest BCUT2D eigenvalue weighted by atomic mass is 9.96. The van der Waals surface area contributed by atoms with E-state index in [9.17, 15) is 63.7 Å². The second-order valence-electron chi connectivity index (χ2n) is 36.9. The van der Waals surface area contributed by atoms with Crippen molar-refractivity contribution in [1.82, 2.24) is 18.9 Å². The van der Waals surface area contributed by atoms with Crippen LogP contribution in [0.1, 0.15) is 110 Å². The minimum Gasteiger partial charge on any atom is -0.478 e. The van der Waals surface area contributed by atoms with Crippen LogP contribution < -0.4 is 39.7 Å². The van der Waals surface area contributed by atoms with Gasteiger partial charge in [-0.2, -0.15) is 0 Å². The van der Waals surface area contributed by atoms with Crippen molar-refractivity contribution in [2.24, 2.45) is 0 Å². The Hall–Kier alpha value is -11.1. The second-order valence-corrected chi connectivity index (χ2v) is 47.3. The van der Waals surface area contributed by atoms with E-state index in [1.165, 1.54) is 48.5 Å². The fourth-order valence-electron chi connectivity index (χ4n) is 19.1. The van der Waals surface area contributed by atoms with Gasteiger partial charge in [0.1, 0.15) is 5.82 Å². The summed E-state index contributed by atoms with van der Waals surface area (Å²) in [5.74, 6) is -1.28. The van der Waals surface area contributed by atoms with E-state index >= 15 is 4.39 Å². The number of thioether (sulfide) groups is 2. The number of hydrogen-bond acceptors (Lipinski definition) is 22. The second kappa shape index (κ2) is 45.7. The Balaban J connectivity index is 0.000000213. The van der Waals surface area contributed by atoms with E-state index in [1.54, 1.807) is 66.8 Å². The highest BCUT2D eigenvalue weighted by Gasteiger charge is 2.35. The number of piperidine rings is 2. The molecule has 10 aromatic carbocycles. The molecule has 0 unspecified atom stereocenters. The van der Waals surface area contributed by atoms with Crippen LogP contribution in [0.3, 0.4) is 0 Å². The molecule has 746 valence electrons. The van der Waals surface area contributed by atoms with Gasteiger partial charge in [-0.1, -0.05) is 96.0 Å². The number of benzene rings is 10. The molecule has 12 aromatic rings. The van der Waals surface area contributed by atoms with E-state index in [0.717, 1.165) is 120 Å². The Morgan fingerprint density at radius 2 is 0.773 bits per heavy atom. The minimum absolute atomic E-state index is 0.00524. The Bertz CT molecular complexity index is 6910. The summed E-state index contributed by atoms with van der Waals surface area (Å²) in [5, 5.41) is 49.1. The third-order valence-electron chi connectivity index (χ3n) is 26.3. The molecule has 0 amide bonds. The van der Waals surface area contributed by atoms with Gasteiger partial charge < -0.3 is 69.6 Å². The number of carboxylic acids is 2. The quantitative estimate of drug-likeness (QED) is 0.0169. The lowest BCUT2D eigenvalue weighted by Gasteiger charge is -2.37. The van der Waals surface area contributed by atoms with E-state index in [2.05, 4.69) is 74.0 Å². The molecule has 8 N–H and O–H groups in total. The van der Waals surface area contributed by atoms with Crippen molar-refractivity contribution in [1.29, 1.82) is 0 Å². The summed E-state index contributed by atoms with van der Waals surface area (Å²) in [7, 11) is -16.1. The summed E-state index contributed by atoms with van der Waals surface area (Å²) < 4.78 is 133. The van der Waals surface area contributed by atoms with Gasteiger partial charge in [-0.05, 0) is 266 Å².